The van der Waals surface area contributed by atoms with Crippen LogP contribution in [-0.4, -0.2) is 73.9 Å². The Labute approximate surface area is 149 Å². The average Bonchev–Trinajstić information content (AvgIpc) is 3.17. The minimum atomic E-state index is 0.160. The Morgan fingerprint density at radius 1 is 0.920 bits per heavy atom. The van der Waals surface area contributed by atoms with Crippen molar-refractivity contribution in [1.82, 2.24) is 24.6 Å². The average molecular weight is 345 g/mol. The molecule has 1 atom stereocenters. The van der Waals surface area contributed by atoms with Gasteiger partial charge in [-0.2, -0.15) is 0 Å². The lowest BCUT2D eigenvalue weighted by atomic mass is 10.2. The molecule has 1 unspecified atom stereocenters. The third kappa shape index (κ3) is 4.43. The summed E-state index contributed by atoms with van der Waals surface area (Å²) in [5, 5.41) is 18.1. The summed E-state index contributed by atoms with van der Waals surface area (Å²) >= 11 is 0. The van der Waals surface area contributed by atoms with Crippen LogP contribution in [0.3, 0.4) is 0 Å². The highest BCUT2D eigenvalue weighted by Crippen LogP contribution is 2.18. The maximum absolute atomic E-state index is 9.11. The normalized spacial score (nSPS) is 19.6. The van der Waals surface area contributed by atoms with E-state index in [-0.39, 0.29) is 19.4 Å². The van der Waals surface area contributed by atoms with Crippen molar-refractivity contribution in [2.75, 3.05) is 33.0 Å². The fourth-order valence-electron chi connectivity index (χ4n) is 3.17. The number of β-amino-alcohol motifs (C(OH)–C–C–N with tert-alkyl or cyclic N) is 2. The molecule has 0 saturated carbocycles. The highest BCUT2D eigenvalue weighted by Gasteiger charge is 2.21. The molecule has 0 saturated heterocycles. The summed E-state index contributed by atoms with van der Waals surface area (Å²) in [6.45, 7) is 6.05. The summed E-state index contributed by atoms with van der Waals surface area (Å²) in [5.74, 6) is 0. The van der Waals surface area contributed by atoms with Gasteiger partial charge in [-0.1, -0.05) is 6.07 Å². The highest BCUT2D eigenvalue weighted by molar-refractivity contribution is 5.13. The smallest absolute Gasteiger partial charge is 0.0982 e. The molecule has 7 heteroatoms. The first-order valence-electron chi connectivity index (χ1n) is 8.72. The van der Waals surface area contributed by atoms with Crippen LogP contribution in [0.2, 0.25) is 0 Å². The Morgan fingerprint density at radius 2 is 1.60 bits per heavy atom. The largest absolute Gasteiger partial charge is 0.395 e. The number of hydrogen-bond acceptors (Lipinski definition) is 7. The van der Waals surface area contributed by atoms with Crippen molar-refractivity contribution in [3.05, 3.63) is 54.4 Å². The molecule has 1 aromatic heterocycles. The second kappa shape index (κ2) is 8.22. The van der Waals surface area contributed by atoms with Crippen LogP contribution in [-0.2, 0) is 13.1 Å². The Morgan fingerprint density at radius 3 is 2.36 bits per heavy atom. The molecule has 0 fully saturated rings. The maximum atomic E-state index is 9.11. The van der Waals surface area contributed by atoms with Crippen LogP contribution >= 0.6 is 0 Å². The fraction of sp³-hybridized carbons (Fsp3) is 0.500. The summed E-state index contributed by atoms with van der Waals surface area (Å²) < 4.78 is 0. The van der Waals surface area contributed by atoms with Gasteiger partial charge in [0.1, 0.15) is 0 Å². The molecule has 0 aliphatic carbocycles. The Balaban J connectivity index is 1.56. The number of rotatable bonds is 8. The Hall–Kier alpha value is -2.25. The summed E-state index contributed by atoms with van der Waals surface area (Å²) in [5.41, 5.74) is 2.08. The molecule has 2 N–H and O–H groups in total. The van der Waals surface area contributed by atoms with Crippen molar-refractivity contribution in [2.24, 2.45) is 0 Å². The third-order valence-corrected chi connectivity index (χ3v) is 4.58. The Kier molecular flexibility index (Phi) is 5.78. The van der Waals surface area contributed by atoms with Gasteiger partial charge < -0.3 is 29.8 Å². The first-order valence-corrected chi connectivity index (χ1v) is 8.72. The lowest BCUT2D eigenvalue weighted by Crippen LogP contribution is -2.37. The topological polar surface area (TPSA) is 66.3 Å². The molecule has 7 nitrogen and oxygen atoms in total. The number of aromatic nitrogens is 1. The SMILES string of the molecule is CC1N(CCO)C=CN1Cc1cccc(CN2C=CN(CCO)C2)n1. The zero-order valence-corrected chi connectivity index (χ0v) is 14.7. The van der Waals surface area contributed by atoms with Gasteiger partial charge >= 0.3 is 0 Å². The van der Waals surface area contributed by atoms with Gasteiger partial charge in [-0.3, -0.25) is 4.98 Å². The fourth-order valence-corrected chi connectivity index (χ4v) is 3.17. The molecule has 2 aliphatic heterocycles. The summed E-state index contributed by atoms with van der Waals surface area (Å²) in [7, 11) is 0. The van der Waals surface area contributed by atoms with Crippen molar-refractivity contribution in [2.45, 2.75) is 26.2 Å². The molecule has 136 valence electrons. The van der Waals surface area contributed by atoms with Gasteiger partial charge in [0.2, 0.25) is 0 Å². The molecule has 0 aromatic carbocycles. The van der Waals surface area contributed by atoms with Gasteiger partial charge in [-0.25, -0.2) is 0 Å². The molecule has 3 rings (SSSR count). The second-order valence-corrected chi connectivity index (χ2v) is 6.41. The Bertz CT molecular complexity index is 621. The highest BCUT2D eigenvalue weighted by atomic mass is 16.3. The molecular weight excluding hydrogens is 318 g/mol. The van der Waals surface area contributed by atoms with Crippen LogP contribution in [0.4, 0.5) is 0 Å². The van der Waals surface area contributed by atoms with Gasteiger partial charge in [0.25, 0.3) is 0 Å². The van der Waals surface area contributed by atoms with Gasteiger partial charge in [0, 0.05) is 37.9 Å². The molecule has 1 aromatic rings. The number of nitrogens with zero attached hydrogens (tertiary/aromatic N) is 5. The van der Waals surface area contributed by atoms with E-state index in [0.717, 1.165) is 31.1 Å². The minimum absolute atomic E-state index is 0.160. The molecule has 0 spiro atoms. The van der Waals surface area contributed by atoms with Crippen molar-refractivity contribution in [3.8, 4) is 0 Å². The second-order valence-electron chi connectivity index (χ2n) is 6.41. The van der Waals surface area contributed by atoms with E-state index in [2.05, 4.69) is 44.9 Å². The maximum Gasteiger partial charge on any atom is 0.0982 e. The van der Waals surface area contributed by atoms with Crippen LogP contribution in [0, 0.1) is 0 Å². The van der Waals surface area contributed by atoms with E-state index in [1.807, 2.05) is 24.7 Å². The van der Waals surface area contributed by atoms with Crippen LogP contribution in [0.15, 0.2) is 43.0 Å². The van der Waals surface area contributed by atoms with Crippen molar-refractivity contribution in [1.29, 1.82) is 0 Å². The summed E-state index contributed by atoms with van der Waals surface area (Å²) in [4.78, 5) is 13.4. The van der Waals surface area contributed by atoms with E-state index in [9.17, 15) is 0 Å². The van der Waals surface area contributed by atoms with Crippen molar-refractivity contribution in [3.63, 3.8) is 0 Å². The van der Waals surface area contributed by atoms with Gasteiger partial charge in [0.15, 0.2) is 0 Å². The summed E-state index contributed by atoms with van der Waals surface area (Å²) in [6.07, 6.45) is 8.36. The van der Waals surface area contributed by atoms with E-state index < -0.39 is 0 Å². The van der Waals surface area contributed by atoms with E-state index >= 15 is 0 Å². The van der Waals surface area contributed by atoms with Crippen molar-refractivity contribution < 1.29 is 10.2 Å². The van der Waals surface area contributed by atoms with Crippen LogP contribution in [0.25, 0.3) is 0 Å². The number of pyridine rings is 1. The zero-order chi connectivity index (χ0) is 17.6. The monoisotopic (exact) mass is 345 g/mol. The third-order valence-electron chi connectivity index (χ3n) is 4.58. The predicted molar refractivity (Wildman–Crippen MR) is 95.5 cm³/mol. The van der Waals surface area contributed by atoms with E-state index in [1.165, 1.54) is 0 Å². The quantitative estimate of drug-likeness (QED) is 0.713. The van der Waals surface area contributed by atoms with Gasteiger partial charge in [-0.15, -0.1) is 0 Å². The molecule has 2 aliphatic rings. The first kappa shape index (κ1) is 17.6. The van der Waals surface area contributed by atoms with E-state index in [0.29, 0.717) is 13.1 Å². The summed E-state index contributed by atoms with van der Waals surface area (Å²) in [6, 6.07) is 6.16. The van der Waals surface area contributed by atoms with Crippen molar-refractivity contribution >= 4 is 0 Å². The van der Waals surface area contributed by atoms with E-state index in [4.69, 9.17) is 15.2 Å². The number of aliphatic hydroxyl groups excluding tert-OH is 2. The molecule has 3 heterocycles. The minimum Gasteiger partial charge on any atom is -0.395 e. The molecular formula is C18H27N5O2. The molecule has 0 amide bonds. The zero-order valence-electron chi connectivity index (χ0n) is 14.7. The number of aliphatic hydroxyl groups is 2. The van der Waals surface area contributed by atoms with Gasteiger partial charge in [0.05, 0.1) is 50.5 Å². The number of hydrogen-bond donors (Lipinski definition) is 2. The van der Waals surface area contributed by atoms with Crippen LogP contribution in [0.1, 0.15) is 18.3 Å². The van der Waals surface area contributed by atoms with Gasteiger partial charge in [-0.05, 0) is 19.1 Å². The van der Waals surface area contributed by atoms with Crippen LogP contribution in [0.5, 0.6) is 0 Å². The predicted octanol–water partition coefficient (Wildman–Crippen LogP) is 0.547. The molecule has 0 radical (unpaired) electrons. The van der Waals surface area contributed by atoms with Crippen LogP contribution < -0.4 is 0 Å². The first-order chi connectivity index (χ1) is 12.2. The van der Waals surface area contributed by atoms with E-state index in [1.54, 1.807) is 0 Å². The lowest BCUT2D eigenvalue weighted by Gasteiger charge is -2.29. The molecule has 0 bridgehead atoms. The molecule has 25 heavy (non-hydrogen) atoms. The lowest BCUT2D eigenvalue weighted by molar-refractivity contribution is 0.137. The standard InChI is InChI=1S/C18H27N5O2/c1-16-22(10-12-25)7-8-23(16)14-18-4-2-3-17(19-18)13-21-6-5-20(15-21)9-11-24/h2-8,16,24-25H,9-15H2,1H3.